The van der Waals surface area contributed by atoms with Gasteiger partial charge in [0.2, 0.25) is 5.91 Å². The molecule has 3 rings (SSSR count). The Morgan fingerprint density at radius 3 is 2.78 bits per heavy atom. The van der Waals surface area contributed by atoms with Gasteiger partial charge in [-0.1, -0.05) is 12.1 Å². The summed E-state index contributed by atoms with van der Waals surface area (Å²) in [5.41, 5.74) is 2.02. The number of pyridine rings is 1. The lowest BCUT2D eigenvalue weighted by molar-refractivity contribution is -0.122. The second kappa shape index (κ2) is 8.60. The molecule has 1 aromatic carbocycles. The van der Waals surface area contributed by atoms with Gasteiger partial charge >= 0.3 is 0 Å². The molecule has 0 spiro atoms. The number of rotatable bonds is 5. The number of hydrogen-bond acceptors (Lipinski definition) is 5. The van der Waals surface area contributed by atoms with Gasteiger partial charge < -0.3 is 10.2 Å². The van der Waals surface area contributed by atoms with Gasteiger partial charge in [-0.05, 0) is 36.2 Å². The topological polar surface area (TPSA) is 72.3 Å². The van der Waals surface area contributed by atoms with Crippen LogP contribution in [0.5, 0.6) is 0 Å². The molecule has 0 unspecified atom stereocenters. The SMILES string of the molecule is Cc1cc(CNC(=O)CN2CCN(c3ncccc3C#N)CC2)ccc1F. The summed E-state index contributed by atoms with van der Waals surface area (Å²) in [5, 5.41) is 12.1. The number of carbonyl (C=O) groups is 1. The van der Waals surface area contributed by atoms with Gasteiger partial charge in [0.1, 0.15) is 17.7 Å². The number of carbonyl (C=O) groups excluding carboxylic acids is 1. The highest BCUT2D eigenvalue weighted by molar-refractivity contribution is 5.78. The minimum Gasteiger partial charge on any atom is -0.353 e. The van der Waals surface area contributed by atoms with Gasteiger partial charge in [0.05, 0.1) is 12.1 Å². The number of piperazine rings is 1. The molecule has 0 saturated carbocycles. The predicted molar refractivity (Wildman–Crippen MR) is 101 cm³/mol. The first kappa shape index (κ1) is 18.8. The molecule has 1 N–H and O–H groups in total. The number of nitrogens with zero attached hydrogens (tertiary/aromatic N) is 4. The Morgan fingerprint density at radius 2 is 2.07 bits per heavy atom. The minimum absolute atomic E-state index is 0.0546. The van der Waals surface area contributed by atoms with Crippen LogP contribution in [0.25, 0.3) is 0 Å². The van der Waals surface area contributed by atoms with E-state index < -0.39 is 0 Å². The van der Waals surface area contributed by atoms with Crippen molar-refractivity contribution in [1.82, 2.24) is 15.2 Å². The van der Waals surface area contributed by atoms with Crippen molar-refractivity contribution in [3.8, 4) is 6.07 Å². The number of halogens is 1. The highest BCUT2D eigenvalue weighted by atomic mass is 19.1. The maximum Gasteiger partial charge on any atom is 0.234 e. The minimum atomic E-state index is -0.240. The summed E-state index contributed by atoms with van der Waals surface area (Å²) in [6, 6.07) is 10.5. The number of hydrogen-bond donors (Lipinski definition) is 1. The number of benzene rings is 1. The fourth-order valence-corrected chi connectivity index (χ4v) is 3.13. The average Bonchev–Trinajstić information content (AvgIpc) is 2.69. The summed E-state index contributed by atoms with van der Waals surface area (Å²) in [5.74, 6) is 0.409. The molecule has 1 aromatic heterocycles. The molecule has 7 heteroatoms. The van der Waals surface area contributed by atoms with E-state index in [2.05, 4.69) is 26.2 Å². The Hall–Kier alpha value is -2.98. The highest BCUT2D eigenvalue weighted by Crippen LogP contribution is 2.17. The number of amides is 1. The summed E-state index contributed by atoms with van der Waals surface area (Å²) >= 11 is 0. The van der Waals surface area contributed by atoms with Gasteiger partial charge in [0.25, 0.3) is 0 Å². The van der Waals surface area contributed by atoms with Gasteiger partial charge in [-0.3, -0.25) is 9.69 Å². The number of aryl methyl sites for hydroxylation is 1. The zero-order valence-corrected chi connectivity index (χ0v) is 15.3. The van der Waals surface area contributed by atoms with Crippen LogP contribution in [-0.4, -0.2) is 48.5 Å². The third kappa shape index (κ3) is 4.80. The van der Waals surface area contributed by atoms with Gasteiger partial charge in [-0.15, -0.1) is 0 Å². The fourth-order valence-electron chi connectivity index (χ4n) is 3.13. The summed E-state index contributed by atoms with van der Waals surface area (Å²) in [4.78, 5) is 20.7. The maximum absolute atomic E-state index is 13.3. The first-order valence-electron chi connectivity index (χ1n) is 8.91. The van der Waals surface area contributed by atoms with E-state index in [1.165, 1.54) is 6.07 Å². The van der Waals surface area contributed by atoms with Crippen molar-refractivity contribution in [2.45, 2.75) is 13.5 Å². The molecule has 1 amide bonds. The molecule has 1 aliphatic heterocycles. The van der Waals surface area contributed by atoms with E-state index in [4.69, 9.17) is 0 Å². The lowest BCUT2D eigenvalue weighted by Crippen LogP contribution is -2.49. The Balaban J connectivity index is 1.46. The Labute approximate surface area is 158 Å². The van der Waals surface area contributed by atoms with Crippen LogP contribution in [0, 0.1) is 24.1 Å². The van der Waals surface area contributed by atoms with E-state index in [1.54, 1.807) is 37.4 Å². The third-order valence-electron chi connectivity index (χ3n) is 4.66. The number of aromatic nitrogens is 1. The molecule has 0 aliphatic carbocycles. The molecule has 0 atom stereocenters. The lowest BCUT2D eigenvalue weighted by Gasteiger charge is -2.35. The van der Waals surface area contributed by atoms with E-state index in [0.29, 0.717) is 30.0 Å². The monoisotopic (exact) mass is 367 g/mol. The van der Waals surface area contributed by atoms with Gasteiger partial charge in [0, 0.05) is 38.9 Å². The van der Waals surface area contributed by atoms with Crippen LogP contribution in [0.2, 0.25) is 0 Å². The molecule has 27 heavy (non-hydrogen) atoms. The molecule has 6 nitrogen and oxygen atoms in total. The van der Waals surface area contributed by atoms with Crippen molar-refractivity contribution in [2.75, 3.05) is 37.6 Å². The third-order valence-corrected chi connectivity index (χ3v) is 4.66. The Bertz CT molecular complexity index is 856. The molecular formula is C20H22FN5O. The van der Waals surface area contributed by atoms with Crippen molar-refractivity contribution < 1.29 is 9.18 Å². The van der Waals surface area contributed by atoms with Crippen LogP contribution in [0.3, 0.4) is 0 Å². The van der Waals surface area contributed by atoms with Crippen molar-refractivity contribution in [3.63, 3.8) is 0 Å². The molecular weight excluding hydrogens is 345 g/mol. The largest absolute Gasteiger partial charge is 0.353 e. The van der Waals surface area contributed by atoms with Crippen molar-refractivity contribution in [3.05, 3.63) is 59.0 Å². The second-order valence-corrected chi connectivity index (χ2v) is 6.61. The number of anilines is 1. The van der Waals surface area contributed by atoms with Crippen LogP contribution in [0.4, 0.5) is 10.2 Å². The summed E-state index contributed by atoms with van der Waals surface area (Å²) in [6.45, 7) is 5.31. The average molecular weight is 367 g/mol. The summed E-state index contributed by atoms with van der Waals surface area (Å²) in [7, 11) is 0. The quantitative estimate of drug-likeness (QED) is 0.873. The van der Waals surface area contributed by atoms with Crippen molar-refractivity contribution in [2.24, 2.45) is 0 Å². The van der Waals surface area contributed by atoms with E-state index in [9.17, 15) is 14.4 Å². The van der Waals surface area contributed by atoms with Crippen LogP contribution >= 0.6 is 0 Å². The Kier molecular flexibility index (Phi) is 5.99. The normalized spacial score (nSPS) is 14.6. The van der Waals surface area contributed by atoms with Crippen molar-refractivity contribution in [1.29, 1.82) is 5.26 Å². The molecule has 2 aromatic rings. The molecule has 2 heterocycles. The van der Waals surface area contributed by atoms with Crippen LogP contribution < -0.4 is 10.2 Å². The first-order chi connectivity index (χ1) is 13.1. The molecule has 0 radical (unpaired) electrons. The first-order valence-corrected chi connectivity index (χ1v) is 8.91. The molecule has 1 saturated heterocycles. The van der Waals surface area contributed by atoms with Crippen LogP contribution in [-0.2, 0) is 11.3 Å². The standard InChI is InChI=1S/C20H22FN5O/c1-15-11-16(4-5-18(15)21)13-24-19(27)14-25-7-9-26(10-8-25)20-17(12-22)3-2-6-23-20/h2-6,11H,7-10,13-14H2,1H3,(H,24,27). The van der Waals surface area contributed by atoms with Gasteiger partial charge in [0.15, 0.2) is 0 Å². The smallest absolute Gasteiger partial charge is 0.234 e. The number of nitriles is 1. The van der Waals surface area contributed by atoms with E-state index >= 15 is 0 Å². The van der Waals surface area contributed by atoms with Crippen LogP contribution in [0.15, 0.2) is 36.5 Å². The zero-order valence-electron chi connectivity index (χ0n) is 15.3. The van der Waals surface area contributed by atoms with E-state index in [1.807, 2.05) is 0 Å². The fraction of sp³-hybridized carbons (Fsp3) is 0.350. The summed E-state index contributed by atoms with van der Waals surface area (Å²) < 4.78 is 13.3. The zero-order chi connectivity index (χ0) is 19.2. The van der Waals surface area contributed by atoms with Gasteiger partial charge in [-0.2, -0.15) is 5.26 Å². The van der Waals surface area contributed by atoms with Crippen LogP contribution in [0.1, 0.15) is 16.7 Å². The molecule has 0 bridgehead atoms. The predicted octanol–water partition coefficient (Wildman–Crippen LogP) is 1.84. The Morgan fingerprint density at radius 1 is 1.30 bits per heavy atom. The highest BCUT2D eigenvalue weighted by Gasteiger charge is 2.21. The molecule has 1 fully saturated rings. The van der Waals surface area contributed by atoms with E-state index in [0.717, 1.165) is 31.7 Å². The summed E-state index contributed by atoms with van der Waals surface area (Å²) in [6.07, 6.45) is 1.69. The number of nitrogens with one attached hydrogen (secondary N) is 1. The molecule has 1 aliphatic rings. The molecule has 140 valence electrons. The van der Waals surface area contributed by atoms with E-state index in [-0.39, 0.29) is 11.7 Å². The van der Waals surface area contributed by atoms with Gasteiger partial charge in [-0.25, -0.2) is 9.37 Å². The lowest BCUT2D eigenvalue weighted by atomic mass is 10.1. The maximum atomic E-state index is 13.3. The second-order valence-electron chi connectivity index (χ2n) is 6.61. The van der Waals surface area contributed by atoms with Crippen molar-refractivity contribution >= 4 is 11.7 Å².